The lowest BCUT2D eigenvalue weighted by Gasteiger charge is -2.35. The summed E-state index contributed by atoms with van der Waals surface area (Å²) in [4.78, 5) is 22.2. The van der Waals surface area contributed by atoms with E-state index in [-0.39, 0.29) is 5.57 Å². The Bertz CT molecular complexity index is 392. The highest BCUT2D eigenvalue weighted by Gasteiger charge is 2.43. The van der Waals surface area contributed by atoms with E-state index in [0.717, 1.165) is 0 Å². The molecular formula is C12H14O4. The minimum absolute atomic E-state index is 0.113. The van der Waals surface area contributed by atoms with Gasteiger partial charge in [-0.3, -0.25) is 4.79 Å². The highest BCUT2D eigenvalue weighted by molar-refractivity contribution is 5.91. The Kier molecular flexibility index (Phi) is 3.32. The van der Waals surface area contributed by atoms with Crippen molar-refractivity contribution in [2.24, 2.45) is 11.3 Å². The molecule has 0 saturated heterocycles. The Balaban J connectivity index is 3.24. The molecule has 16 heavy (non-hydrogen) atoms. The molecule has 2 unspecified atom stereocenters. The van der Waals surface area contributed by atoms with Gasteiger partial charge < -0.3 is 10.2 Å². The molecule has 0 aromatic carbocycles. The molecule has 0 aliphatic heterocycles. The zero-order chi connectivity index (χ0) is 12.3. The molecule has 4 heteroatoms. The average Bonchev–Trinajstić information content (AvgIpc) is 2.16. The van der Waals surface area contributed by atoms with Crippen LogP contribution >= 0.6 is 0 Å². The van der Waals surface area contributed by atoms with Crippen LogP contribution in [-0.4, -0.2) is 22.2 Å². The maximum Gasteiger partial charge on any atom is 0.332 e. The molecular weight excluding hydrogens is 208 g/mol. The van der Waals surface area contributed by atoms with Gasteiger partial charge in [0.2, 0.25) is 0 Å². The Morgan fingerprint density at radius 3 is 2.62 bits per heavy atom. The molecule has 4 nitrogen and oxygen atoms in total. The molecule has 0 aromatic heterocycles. The van der Waals surface area contributed by atoms with Crippen LogP contribution in [0.3, 0.4) is 0 Å². The molecule has 2 N–H and O–H groups in total. The van der Waals surface area contributed by atoms with E-state index in [1.54, 1.807) is 13.0 Å². The van der Waals surface area contributed by atoms with Gasteiger partial charge in [-0.15, -0.1) is 6.58 Å². The summed E-state index contributed by atoms with van der Waals surface area (Å²) in [5, 5.41) is 18.2. The Morgan fingerprint density at radius 1 is 1.56 bits per heavy atom. The van der Waals surface area contributed by atoms with Crippen LogP contribution in [0, 0.1) is 11.3 Å². The number of hydrogen-bond donors (Lipinski definition) is 2. The lowest BCUT2D eigenvalue weighted by Crippen LogP contribution is -2.37. The summed E-state index contributed by atoms with van der Waals surface area (Å²) in [6.07, 6.45) is 6.30. The molecule has 0 fully saturated rings. The van der Waals surface area contributed by atoms with Crippen molar-refractivity contribution in [2.75, 3.05) is 0 Å². The second kappa shape index (κ2) is 4.35. The second-order valence-corrected chi connectivity index (χ2v) is 4.00. The van der Waals surface area contributed by atoms with Crippen molar-refractivity contribution in [2.45, 2.75) is 13.3 Å². The van der Waals surface area contributed by atoms with E-state index < -0.39 is 23.3 Å². The minimum atomic E-state index is -1.08. The third-order valence-electron chi connectivity index (χ3n) is 2.93. The van der Waals surface area contributed by atoms with Gasteiger partial charge in [0, 0.05) is 11.0 Å². The predicted octanol–water partition coefficient (Wildman–Crippen LogP) is 1.85. The minimum Gasteiger partial charge on any atom is -0.481 e. The molecule has 0 aromatic rings. The number of carbonyl (C=O) groups is 2. The van der Waals surface area contributed by atoms with Crippen molar-refractivity contribution < 1.29 is 19.8 Å². The van der Waals surface area contributed by atoms with E-state index >= 15 is 0 Å². The van der Waals surface area contributed by atoms with Crippen molar-refractivity contribution in [1.29, 1.82) is 0 Å². The van der Waals surface area contributed by atoms with Gasteiger partial charge in [-0.2, -0.15) is 0 Å². The lowest BCUT2D eigenvalue weighted by molar-refractivity contribution is -0.143. The normalized spacial score (nSPS) is 28.3. The van der Waals surface area contributed by atoms with Gasteiger partial charge in [0.15, 0.2) is 0 Å². The van der Waals surface area contributed by atoms with Crippen molar-refractivity contribution in [3.05, 3.63) is 36.5 Å². The first-order valence-electron chi connectivity index (χ1n) is 4.89. The zero-order valence-electron chi connectivity index (χ0n) is 9.01. The summed E-state index contributed by atoms with van der Waals surface area (Å²) in [5.74, 6) is -2.94. The first-order valence-corrected chi connectivity index (χ1v) is 4.89. The van der Waals surface area contributed by atoms with Crippen LogP contribution in [0.2, 0.25) is 0 Å². The first kappa shape index (κ1) is 12.2. The summed E-state index contributed by atoms with van der Waals surface area (Å²) in [5.41, 5.74) is -0.823. The van der Waals surface area contributed by atoms with Crippen LogP contribution in [0.25, 0.3) is 0 Å². The van der Waals surface area contributed by atoms with Gasteiger partial charge in [0.05, 0.1) is 5.92 Å². The molecule has 0 bridgehead atoms. The van der Waals surface area contributed by atoms with E-state index in [0.29, 0.717) is 6.42 Å². The molecule has 86 valence electrons. The molecule has 1 rings (SSSR count). The van der Waals surface area contributed by atoms with Crippen LogP contribution in [0.5, 0.6) is 0 Å². The van der Waals surface area contributed by atoms with E-state index in [9.17, 15) is 9.59 Å². The predicted molar refractivity (Wildman–Crippen MR) is 58.9 cm³/mol. The lowest BCUT2D eigenvalue weighted by atomic mass is 9.67. The van der Waals surface area contributed by atoms with E-state index in [1.807, 2.05) is 0 Å². The second-order valence-electron chi connectivity index (χ2n) is 4.00. The Hall–Kier alpha value is -1.84. The van der Waals surface area contributed by atoms with Gasteiger partial charge in [-0.25, -0.2) is 4.79 Å². The van der Waals surface area contributed by atoms with E-state index in [4.69, 9.17) is 10.2 Å². The van der Waals surface area contributed by atoms with Crippen molar-refractivity contribution >= 4 is 11.9 Å². The van der Waals surface area contributed by atoms with Gasteiger partial charge in [0.25, 0.3) is 0 Å². The van der Waals surface area contributed by atoms with Gasteiger partial charge in [0.1, 0.15) is 0 Å². The summed E-state index contributed by atoms with van der Waals surface area (Å²) in [7, 11) is 0. The number of aliphatic carboxylic acids is 2. The Labute approximate surface area is 93.6 Å². The third kappa shape index (κ3) is 1.91. The first-order chi connectivity index (χ1) is 7.43. The topological polar surface area (TPSA) is 74.6 Å². The molecule has 1 aliphatic carbocycles. The quantitative estimate of drug-likeness (QED) is 0.712. The highest BCUT2D eigenvalue weighted by Crippen LogP contribution is 2.42. The van der Waals surface area contributed by atoms with Crippen molar-refractivity contribution in [1.82, 2.24) is 0 Å². The third-order valence-corrected chi connectivity index (χ3v) is 2.93. The standard InChI is InChI=1S/C12H14O4/c1-3-7-12(2)8(10(13)14)5-4-6-9(12)11(15)16/h3-6,8H,1,7H2,2H3,(H,13,14)(H,15,16). The van der Waals surface area contributed by atoms with Crippen LogP contribution < -0.4 is 0 Å². The monoisotopic (exact) mass is 222 g/mol. The summed E-state index contributed by atoms with van der Waals surface area (Å²) in [6.45, 7) is 5.19. The number of carboxylic acids is 2. The maximum absolute atomic E-state index is 11.1. The van der Waals surface area contributed by atoms with Crippen LogP contribution in [-0.2, 0) is 9.59 Å². The molecule has 2 atom stereocenters. The van der Waals surface area contributed by atoms with Gasteiger partial charge in [-0.1, -0.05) is 31.2 Å². The average molecular weight is 222 g/mol. The fourth-order valence-corrected chi connectivity index (χ4v) is 2.04. The smallest absolute Gasteiger partial charge is 0.332 e. The summed E-state index contributed by atoms with van der Waals surface area (Å²) < 4.78 is 0. The SMILES string of the molecule is C=CCC1(C)C(C(=O)O)=CC=CC1C(=O)O. The highest BCUT2D eigenvalue weighted by atomic mass is 16.4. The van der Waals surface area contributed by atoms with Crippen LogP contribution in [0.15, 0.2) is 36.5 Å². The molecule has 0 spiro atoms. The maximum atomic E-state index is 11.1. The molecule has 0 radical (unpaired) electrons. The zero-order valence-corrected chi connectivity index (χ0v) is 9.01. The molecule has 0 saturated carbocycles. The molecule has 0 amide bonds. The number of carboxylic acid groups (broad SMARTS) is 2. The fraction of sp³-hybridized carbons (Fsp3) is 0.333. The van der Waals surface area contributed by atoms with Crippen LogP contribution in [0.4, 0.5) is 0 Å². The fourth-order valence-electron chi connectivity index (χ4n) is 2.04. The number of allylic oxidation sites excluding steroid dienone is 3. The van der Waals surface area contributed by atoms with Crippen molar-refractivity contribution in [3.63, 3.8) is 0 Å². The molecule has 0 heterocycles. The summed E-state index contributed by atoms with van der Waals surface area (Å²) in [6, 6.07) is 0. The van der Waals surface area contributed by atoms with Crippen molar-refractivity contribution in [3.8, 4) is 0 Å². The Morgan fingerprint density at radius 2 is 2.19 bits per heavy atom. The molecule has 1 aliphatic rings. The van der Waals surface area contributed by atoms with E-state index in [2.05, 4.69) is 6.58 Å². The number of rotatable bonds is 4. The largest absolute Gasteiger partial charge is 0.481 e. The van der Waals surface area contributed by atoms with Crippen LogP contribution in [0.1, 0.15) is 13.3 Å². The summed E-state index contributed by atoms with van der Waals surface area (Å²) >= 11 is 0. The number of hydrogen-bond acceptors (Lipinski definition) is 2. The van der Waals surface area contributed by atoms with Gasteiger partial charge >= 0.3 is 11.9 Å². The van der Waals surface area contributed by atoms with E-state index in [1.165, 1.54) is 18.2 Å². The van der Waals surface area contributed by atoms with Gasteiger partial charge in [-0.05, 0) is 6.42 Å².